The van der Waals surface area contributed by atoms with Crippen LogP contribution in [0.4, 0.5) is 5.69 Å². The average molecular weight is 634 g/mol. The number of carbonyl (C=O) groups excluding carboxylic acids is 2. The second-order valence-corrected chi connectivity index (χ2v) is 12.0. The fourth-order valence-electron chi connectivity index (χ4n) is 5.27. The summed E-state index contributed by atoms with van der Waals surface area (Å²) in [4.78, 5) is 49.8. The van der Waals surface area contributed by atoms with Crippen molar-refractivity contribution in [3.05, 3.63) is 29.3 Å². The molecule has 0 heterocycles. The summed E-state index contributed by atoms with van der Waals surface area (Å²) >= 11 is 0. The fourth-order valence-corrected chi connectivity index (χ4v) is 5.27. The molecule has 256 valence electrons. The number of ether oxygens (including phenoxy) is 2. The highest BCUT2D eigenvalue weighted by atomic mass is 16.5. The van der Waals surface area contributed by atoms with Gasteiger partial charge in [-0.15, -0.1) is 0 Å². The molecule has 0 spiro atoms. The molecule has 1 rings (SSSR count). The van der Waals surface area contributed by atoms with Crippen molar-refractivity contribution in [1.29, 1.82) is 0 Å². The summed E-state index contributed by atoms with van der Waals surface area (Å²) in [6, 6.07) is 4.10. The molecule has 0 saturated heterocycles. The van der Waals surface area contributed by atoms with Gasteiger partial charge in [-0.3, -0.25) is 9.59 Å². The first-order valence-electron chi connectivity index (χ1n) is 17.5. The Bertz CT molecular complexity index is 908. The Morgan fingerprint density at radius 1 is 0.511 bits per heavy atom. The molecule has 0 aliphatic heterocycles. The van der Waals surface area contributed by atoms with Crippen LogP contribution in [0, 0.1) is 0 Å². The normalized spacial score (nSPS) is 10.9. The van der Waals surface area contributed by atoms with Crippen LogP contribution in [0.25, 0.3) is 0 Å². The third kappa shape index (κ3) is 20.5. The highest BCUT2D eigenvalue weighted by Gasteiger charge is 2.21. The molecule has 0 aliphatic rings. The first-order chi connectivity index (χ1) is 21.8. The van der Waals surface area contributed by atoms with Crippen LogP contribution in [-0.4, -0.2) is 60.4 Å². The van der Waals surface area contributed by atoms with E-state index in [0.29, 0.717) is 0 Å². The summed E-state index contributed by atoms with van der Waals surface area (Å²) in [7, 11) is 0. The van der Waals surface area contributed by atoms with Crippen molar-refractivity contribution in [3.8, 4) is 0 Å². The van der Waals surface area contributed by atoms with Gasteiger partial charge >= 0.3 is 23.9 Å². The van der Waals surface area contributed by atoms with Crippen molar-refractivity contribution >= 4 is 29.6 Å². The van der Waals surface area contributed by atoms with E-state index in [2.05, 4.69) is 13.8 Å². The molecule has 0 aromatic heterocycles. The van der Waals surface area contributed by atoms with Gasteiger partial charge in [0.15, 0.2) is 0 Å². The van der Waals surface area contributed by atoms with Gasteiger partial charge in [-0.2, -0.15) is 0 Å². The van der Waals surface area contributed by atoms with Crippen LogP contribution < -0.4 is 4.90 Å². The zero-order valence-corrected chi connectivity index (χ0v) is 28.0. The summed E-state index contributed by atoms with van der Waals surface area (Å²) in [5.41, 5.74) is 0.219. The lowest BCUT2D eigenvalue weighted by Gasteiger charge is -2.22. The van der Waals surface area contributed by atoms with Crippen LogP contribution in [0.3, 0.4) is 0 Å². The van der Waals surface area contributed by atoms with Crippen molar-refractivity contribution in [3.63, 3.8) is 0 Å². The van der Waals surface area contributed by atoms with E-state index in [4.69, 9.17) is 9.47 Å². The standard InChI is InChI=1S/C36H59NO8/c1-3-5-7-9-11-13-15-17-19-21-23-44-35(42)30-25-31(27-32(26-30)37(28-33(38)39)29-34(40)41)36(43)45-24-22-20-18-16-14-12-10-8-6-4-2/h25-27H,3-24,28-29H2,1-2H3,(H,38,39)(H,40,41). The second kappa shape index (κ2) is 26.1. The van der Waals surface area contributed by atoms with Crippen molar-refractivity contribution in [1.82, 2.24) is 0 Å². The average Bonchev–Trinajstić information content (AvgIpc) is 3.01. The maximum atomic E-state index is 12.9. The lowest BCUT2D eigenvalue weighted by Crippen LogP contribution is -2.34. The van der Waals surface area contributed by atoms with E-state index >= 15 is 0 Å². The minimum atomic E-state index is -1.24. The van der Waals surface area contributed by atoms with Crippen LogP contribution in [0.15, 0.2) is 18.2 Å². The van der Waals surface area contributed by atoms with Gasteiger partial charge in [-0.25, -0.2) is 9.59 Å². The molecule has 0 radical (unpaired) electrons. The Hall–Kier alpha value is -3.10. The Kier molecular flexibility index (Phi) is 23.2. The van der Waals surface area contributed by atoms with Crippen LogP contribution in [-0.2, 0) is 19.1 Å². The van der Waals surface area contributed by atoms with E-state index in [0.717, 1.165) is 56.3 Å². The first-order valence-corrected chi connectivity index (χ1v) is 17.5. The summed E-state index contributed by atoms with van der Waals surface area (Å²) in [5.74, 6) is -3.78. The summed E-state index contributed by atoms with van der Waals surface area (Å²) in [5, 5.41) is 18.7. The number of hydrogen-bond donors (Lipinski definition) is 2. The van der Waals surface area contributed by atoms with E-state index in [1.54, 1.807) is 0 Å². The number of anilines is 1. The molecule has 0 saturated carbocycles. The highest BCUT2D eigenvalue weighted by molar-refractivity contribution is 5.97. The minimum Gasteiger partial charge on any atom is -0.480 e. The molecule has 0 amide bonds. The smallest absolute Gasteiger partial charge is 0.338 e. The largest absolute Gasteiger partial charge is 0.480 e. The molecular weight excluding hydrogens is 574 g/mol. The van der Waals surface area contributed by atoms with Crippen molar-refractivity contribution < 1.29 is 38.9 Å². The Morgan fingerprint density at radius 2 is 0.822 bits per heavy atom. The Balaban J connectivity index is 2.68. The lowest BCUT2D eigenvalue weighted by molar-refractivity contribution is -0.136. The number of carboxylic acids is 2. The number of nitrogens with zero attached hydrogens (tertiary/aromatic N) is 1. The molecule has 45 heavy (non-hydrogen) atoms. The molecule has 0 fully saturated rings. The van der Waals surface area contributed by atoms with Gasteiger partial charge in [0.25, 0.3) is 0 Å². The Labute approximate surface area is 271 Å². The molecule has 0 aliphatic carbocycles. The van der Waals surface area contributed by atoms with Gasteiger partial charge in [0.05, 0.1) is 24.3 Å². The topological polar surface area (TPSA) is 130 Å². The number of hydrogen-bond acceptors (Lipinski definition) is 7. The molecule has 0 unspecified atom stereocenters. The van der Waals surface area contributed by atoms with Crippen LogP contribution in [0.1, 0.15) is 163 Å². The first kappa shape index (κ1) is 39.9. The van der Waals surface area contributed by atoms with Gasteiger partial charge in [0.1, 0.15) is 13.1 Å². The van der Waals surface area contributed by atoms with Crippen LogP contribution in [0.2, 0.25) is 0 Å². The van der Waals surface area contributed by atoms with Crippen LogP contribution >= 0.6 is 0 Å². The van der Waals surface area contributed by atoms with Crippen molar-refractivity contribution in [2.75, 3.05) is 31.2 Å². The molecule has 0 bridgehead atoms. The molecule has 2 N–H and O–H groups in total. The molecule has 9 heteroatoms. The number of benzene rings is 1. The maximum absolute atomic E-state index is 12.9. The number of esters is 2. The number of carboxylic acid groups (broad SMARTS) is 2. The third-order valence-electron chi connectivity index (χ3n) is 7.87. The van der Waals surface area contributed by atoms with E-state index in [-0.39, 0.29) is 30.0 Å². The SMILES string of the molecule is CCCCCCCCCCCCOC(=O)c1cc(C(=O)OCCCCCCCCCCCC)cc(N(CC(=O)O)CC(=O)O)c1. The molecule has 9 nitrogen and oxygen atoms in total. The molecule has 0 atom stereocenters. The van der Waals surface area contributed by atoms with Gasteiger partial charge < -0.3 is 24.6 Å². The van der Waals surface area contributed by atoms with E-state index in [1.807, 2.05) is 0 Å². The number of unbranched alkanes of at least 4 members (excludes halogenated alkanes) is 18. The predicted octanol–water partition coefficient (Wildman–Crippen LogP) is 8.82. The number of aliphatic carboxylic acids is 2. The molecule has 1 aromatic rings. The molecule has 1 aromatic carbocycles. The summed E-state index contributed by atoms with van der Waals surface area (Å²) in [6.07, 6.45) is 23.1. The zero-order valence-electron chi connectivity index (χ0n) is 28.0. The Morgan fingerprint density at radius 3 is 1.13 bits per heavy atom. The third-order valence-corrected chi connectivity index (χ3v) is 7.87. The number of carbonyl (C=O) groups is 4. The van der Waals surface area contributed by atoms with Gasteiger partial charge in [0.2, 0.25) is 0 Å². The summed E-state index contributed by atoms with van der Waals surface area (Å²) < 4.78 is 10.9. The van der Waals surface area contributed by atoms with Crippen molar-refractivity contribution in [2.24, 2.45) is 0 Å². The van der Waals surface area contributed by atoms with E-state index in [9.17, 15) is 29.4 Å². The quantitative estimate of drug-likeness (QED) is 0.0656. The molecular formula is C36H59NO8. The monoisotopic (exact) mass is 633 g/mol. The van der Waals surface area contributed by atoms with Gasteiger partial charge in [0, 0.05) is 5.69 Å². The maximum Gasteiger partial charge on any atom is 0.338 e. The lowest BCUT2D eigenvalue weighted by atomic mass is 10.1. The fraction of sp³-hybridized carbons (Fsp3) is 0.722. The zero-order chi connectivity index (χ0) is 33.1. The number of rotatable bonds is 29. The van der Waals surface area contributed by atoms with E-state index < -0.39 is 37.0 Å². The second-order valence-electron chi connectivity index (χ2n) is 12.0. The van der Waals surface area contributed by atoms with Gasteiger partial charge in [-0.05, 0) is 31.0 Å². The van der Waals surface area contributed by atoms with Crippen LogP contribution in [0.5, 0.6) is 0 Å². The van der Waals surface area contributed by atoms with E-state index in [1.165, 1.54) is 95.2 Å². The highest BCUT2D eigenvalue weighted by Crippen LogP contribution is 2.22. The van der Waals surface area contributed by atoms with Gasteiger partial charge in [-0.1, -0.05) is 129 Å². The minimum absolute atomic E-state index is 0.0474. The predicted molar refractivity (Wildman–Crippen MR) is 178 cm³/mol. The summed E-state index contributed by atoms with van der Waals surface area (Å²) in [6.45, 7) is 3.65. The van der Waals surface area contributed by atoms with Crippen molar-refractivity contribution in [2.45, 2.75) is 142 Å².